The second-order valence-electron chi connectivity index (χ2n) is 8.20. The van der Waals surface area contributed by atoms with Gasteiger partial charge in [0.1, 0.15) is 0 Å². The van der Waals surface area contributed by atoms with Gasteiger partial charge in [-0.25, -0.2) is 0 Å². The van der Waals surface area contributed by atoms with Crippen molar-refractivity contribution in [2.45, 2.75) is 40.0 Å². The van der Waals surface area contributed by atoms with Crippen LogP contribution in [0.1, 0.15) is 44.2 Å². The number of rotatable bonds is 1. The van der Waals surface area contributed by atoms with E-state index in [0.717, 1.165) is 37.6 Å². The van der Waals surface area contributed by atoms with Crippen LogP contribution < -0.4 is 10.2 Å². The predicted molar refractivity (Wildman–Crippen MR) is 115 cm³/mol. The smallest absolute Gasteiger partial charge is 0.0652 e. The number of hydrogen-bond acceptors (Lipinski definition) is 3. The molecule has 2 unspecified atom stereocenters. The first-order chi connectivity index (χ1) is 13.0. The van der Waals surface area contributed by atoms with Crippen molar-refractivity contribution in [2.24, 2.45) is 5.92 Å². The van der Waals surface area contributed by atoms with E-state index < -0.39 is 0 Å². The first-order valence-corrected chi connectivity index (χ1v) is 10.5. The normalized spacial score (nSPS) is 25.6. The number of halogens is 1. The van der Waals surface area contributed by atoms with E-state index in [-0.39, 0.29) is 0 Å². The zero-order valence-corrected chi connectivity index (χ0v) is 17.6. The zero-order chi connectivity index (χ0) is 19.1. The van der Waals surface area contributed by atoms with Crippen LogP contribution >= 0.6 is 11.6 Å². The van der Waals surface area contributed by atoms with Gasteiger partial charge in [-0.3, -0.25) is 0 Å². The number of nitrogens with zero attached hydrogens (tertiary/aromatic N) is 2. The molecular weight excluding hydrogens is 354 g/mol. The topological polar surface area (TPSA) is 18.5 Å². The molecule has 2 atom stereocenters. The van der Waals surface area contributed by atoms with Crippen LogP contribution in [0.5, 0.6) is 0 Å². The highest BCUT2D eigenvalue weighted by molar-refractivity contribution is 6.31. The summed E-state index contributed by atoms with van der Waals surface area (Å²) < 4.78 is 0. The van der Waals surface area contributed by atoms with Gasteiger partial charge in [-0.15, -0.1) is 0 Å². The van der Waals surface area contributed by atoms with E-state index in [0.29, 0.717) is 11.8 Å². The standard InChI is InChI=1S/C23H30ClN3/c1-15-5-6-20(26-9-7-25-8-10-26)21-12-16(2)18(4)14-27(21)22-13-19(24)11-17(3)23(15)22/h6,11-16,25H,5,7-10H2,1-4H3. The Morgan fingerprint density at radius 3 is 2.56 bits per heavy atom. The lowest BCUT2D eigenvalue weighted by molar-refractivity contribution is 0.301. The third-order valence-corrected chi connectivity index (χ3v) is 6.40. The van der Waals surface area contributed by atoms with Gasteiger partial charge in [0.25, 0.3) is 0 Å². The molecule has 1 aromatic carbocycles. The number of piperazine rings is 1. The summed E-state index contributed by atoms with van der Waals surface area (Å²) >= 11 is 6.50. The zero-order valence-electron chi connectivity index (χ0n) is 16.8. The largest absolute Gasteiger partial charge is 0.368 e. The molecule has 3 aliphatic rings. The van der Waals surface area contributed by atoms with Gasteiger partial charge < -0.3 is 15.1 Å². The van der Waals surface area contributed by atoms with Gasteiger partial charge in [0.05, 0.1) is 17.1 Å². The van der Waals surface area contributed by atoms with Crippen LogP contribution in [-0.2, 0) is 0 Å². The summed E-state index contributed by atoms with van der Waals surface area (Å²) in [6, 6.07) is 4.25. The van der Waals surface area contributed by atoms with Crippen LogP contribution in [0.4, 0.5) is 5.69 Å². The van der Waals surface area contributed by atoms with E-state index in [4.69, 9.17) is 11.6 Å². The Kier molecular flexibility index (Phi) is 5.09. The number of fused-ring (bicyclic) bond motifs is 3. The molecule has 144 valence electrons. The van der Waals surface area contributed by atoms with E-state index >= 15 is 0 Å². The highest BCUT2D eigenvalue weighted by Crippen LogP contribution is 2.43. The van der Waals surface area contributed by atoms with Crippen molar-refractivity contribution in [3.8, 4) is 0 Å². The lowest BCUT2D eigenvalue weighted by Crippen LogP contribution is -2.44. The van der Waals surface area contributed by atoms with Crippen molar-refractivity contribution < 1.29 is 0 Å². The molecule has 1 aromatic rings. The molecule has 27 heavy (non-hydrogen) atoms. The molecule has 4 heteroatoms. The minimum Gasteiger partial charge on any atom is -0.368 e. The Hall–Kier alpha value is -1.71. The maximum atomic E-state index is 6.50. The molecule has 0 aliphatic carbocycles. The molecule has 0 spiro atoms. The molecule has 0 amide bonds. The van der Waals surface area contributed by atoms with Crippen molar-refractivity contribution in [3.63, 3.8) is 0 Å². The molecule has 4 rings (SSSR count). The van der Waals surface area contributed by atoms with Crippen LogP contribution in [0, 0.1) is 12.8 Å². The average Bonchev–Trinajstić information content (AvgIpc) is 2.63. The minimum absolute atomic E-state index is 0.447. The summed E-state index contributed by atoms with van der Waals surface area (Å²) in [5, 5.41) is 4.29. The maximum absolute atomic E-state index is 6.50. The van der Waals surface area contributed by atoms with Crippen LogP contribution in [-0.4, -0.2) is 31.1 Å². The van der Waals surface area contributed by atoms with E-state index in [1.807, 2.05) is 0 Å². The molecule has 3 nitrogen and oxygen atoms in total. The summed E-state index contributed by atoms with van der Waals surface area (Å²) in [7, 11) is 0. The number of nitrogens with one attached hydrogen (secondary N) is 1. The third kappa shape index (κ3) is 3.43. The second-order valence-corrected chi connectivity index (χ2v) is 8.64. The number of anilines is 1. The Balaban J connectivity index is 1.89. The van der Waals surface area contributed by atoms with Crippen LogP contribution in [0.15, 0.2) is 47.5 Å². The Labute approximate surface area is 168 Å². The Morgan fingerprint density at radius 2 is 1.81 bits per heavy atom. The van der Waals surface area contributed by atoms with Crippen molar-refractivity contribution in [1.82, 2.24) is 10.2 Å². The summed E-state index contributed by atoms with van der Waals surface area (Å²) in [5.41, 5.74) is 8.01. The van der Waals surface area contributed by atoms with Crippen molar-refractivity contribution >= 4 is 17.3 Å². The summed E-state index contributed by atoms with van der Waals surface area (Å²) in [6.07, 6.45) is 8.27. The molecule has 0 bridgehead atoms. The first kappa shape index (κ1) is 18.6. The number of benzene rings is 1. The van der Waals surface area contributed by atoms with Gasteiger partial charge in [-0.2, -0.15) is 0 Å². The molecule has 1 N–H and O–H groups in total. The Bertz CT molecular complexity index is 830. The van der Waals surface area contributed by atoms with E-state index in [1.54, 1.807) is 0 Å². The quantitative estimate of drug-likeness (QED) is 0.720. The molecule has 3 heterocycles. The average molecular weight is 384 g/mol. The molecule has 3 aliphatic heterocycles. The molecule has 1 fully saturated rings. The molecule has 0 radical (unpaired) electrons. The molecule has 1 saturated heterocycles. The van der Waals surface area contributed by atoms with Crippen molar-refractivity contribution in [1.29, 1.82) is 0 Å². The van der Waals surface area contributed by atoms with Gasteiger partial charge in [0, 0.05) is 37.4 Å². The van der Waals surface area contributed by atoms with Gasteiger partial charge in [0.15, 0.2) is 0 Å². The Morgan fingerprint density at radius 1 is 1.07 bits per heavy atom. The SMILES string of the molecule is CC1=CN2C(=CC1C)C(N1CCNCC1)=CCC(C)c1c(C)cc(Cl)cc12. The number of aryl methyl sites for hydroxylation is 1. The fraction of sp³-hybridized carbons (Fsp3) is 0.478. The second kappa shape index (κ2) is 7.37. The van der Waals surface area contributed by atoms with Crippen LogP contribution in [0.3, 0.4) is 0 Å². The molecular formula is C23H30ClN3. The van der Waals surface area contributed by atoms with Crippen molar-refractivity contribution in [3.05, 3.63) is 63.6 Å². The predicted octanol–water partition coefficient (Wildman–Crippen LogP) is 5.19. The maximum Gasteiger partial charge on any atom is 0.0652 e. The monoisotopic (exact) mass is 383 g/mol. The first-order valence-electron chi connectivity index (χ1n) is 10.1. The summed E-state index contributed by atoms with van der Waals surface area (Å²) in [5.74, 6) is 0.910. The summed E-state index contributed by atoms with van der Waals surface area (Å²) in [6.45, 7) is 13.3. The van der Waals surface area contributed by atoms with Gasteiger partial charge >= 0.3 is 0 Å². The molecule has 0 aromatic heterocycles. The van der Waals surface area contributed by atoms with Gasteiger partial charge in [-0.1, -0.05) is 37.6 Å². The molecule has 0 saturated carbocycles. The van der Waals surface area contributed by atoms with Gasteiger partial charge in [0.2, 0.25) is 0 Å². The lowest BCUT2D eigenvalue weighted by atomic mass is 9.87. The third-order valence-electron chi connectivity index (χ3n) is 6.19. The van der Waals surface area contributed by atoms with E-state index in [2.05, 4.69) is 73.3 Å². The summed E-state index contributed by atoms with van der Waals surface area (Å²) in [4.78, 5) is 4.94. The number of hydrogen-bond donors (Lipinski definition) is 1. The highest BCUT2D eigenvalue weighted by atomic mass is 35.5. The minimum atomic E-state index is 0.447. The fourth-order valence-electron chi connectivity index (χ4n) is 4.53. The van der Waals surface area contributed by atoms with Crippen molar-refractivity contribution in [2.75, 3.05) is 31.1 Å². The fourth-order valence-corrected chi connectivity index (χ4v) is 4.80. The highest BCUT2D eigenvalue weighted by Gasteiger charge is 2.30. The lowest BCUT2D eigenvalue weighted by Gasteiger charge is -2.41. The van der Waals surface area contributed by atoms with Crippen LogP contribution in [0.2, 0.25) is 5.02 Å². The van der Waals surface area contributed by atoms with E-state index in [9.17, 15) is 0 Å². The number of allylic oxidation sites excluding steroid dienone is 3. The van der Waals surface area contributed by atoms with Gasteiger partial charge in [-0.05, 0) is 60.9 Å². The van der Waals surface area contributed by atoms with E-state index in [1.165, 1.54) is 33.8 Å². The van der Waals surface area contributed by atoms with Crippen LogP contribution in [0.25, 0.3) is 0 Å².